The average molecular weight is 375 g/mol. The van der Waals surface area contributed by atoms with E-state index < -0.39 is 11.4 Å². The van der Waals surface area contributed by atoms with Crippen molar-refractivity contribution in [3.05, 3.63) is 64.7 Å². The van der Waals surface area contributed by atoms with Gasteiger partial charge in [0.25, 0.3) is 5.91 Å². The van der Waals surface area contributed by atoms with E-state index in [4.69, 9.17) is 16.7 Å². The summed E-state index contributed by atoms with van der Waals surface area (Å²) in [6.45, 7) is 4.60. The van der Waals surface area contributed by atoms with Crippen LogP contribution in [0.5, 0.6) is 0 Å². The number of rotatable bonds is 8. The van der Waals surface area contributed by atoms with Crippen LogP contribution >= 0.6 is 11.6 Å². The first-order valence-corrected chi connectivity index (χ1v) is 8.76. The van der Waals surface area contributed by atoms with Crippen LogP contribution in [0.25, 0.3) is 0 Å². The van der Waals surface area contributed by atoms with Gasteiger partial charge >= 0.3 is 5.97 Å². The largest absolute Gasteiger partial charge is 0.481 e. The van der Waals surface area contributed by atoms with Crippen LogP contribution < -0.4 is 10.6 Å². The summed E-state index contributed by atoms with van der Waals surface area (Å²) in [4.78, 5) is 23.4. The summed E-state index contributed by atoms with van der Waals surface area (Å²) in [5.74, 6) is -1.06. The molecule has 0 bridgehead atoms. The zero-order valence-corrected chi connectivity index (χ0v) is 15.6. The molecule has 138 valence electrons. The molecular formula is C20H23ClN2O3. The molecule has 0 aliphatic rings. The molecule has 0 saturated carbocycles. The Morgan fingerprint density at radius 2 is 1.85 bits per heavy atom. The number of halogens is 1. The van der Waals surface area contributed by atoms with Gasteiger partial charge < -0.3 is 15.7 Å². The van der Waals surface area contributed by atoms with Crippen LogP contribution in [0.3, 0.4) is 0 Å². The number of carboxylic acids is 1. The Kier molecular flexibility index (Phi) is 6.77. The van der Waals surface area contributed by atoms with Crippen LogP contribution in [0, 0.1) is 5.41 Å². The third-order valence-electron chi connectivity index (χ3n) is 4.14. The van der Waals surface area contributed by atoms with E-state index in [1.807, 2.05) is 24.3 Å². The summed E-state index contributed by atoms with van der Waals surface area (Å²) in [6, 6.07) is 14.4. The number of nitrogens with one attached hydrogen (secondary N) is 2. The van der Waals surface area contributed by atoms with E-state index in [-0.39, 0.29) is 5.91 Å². The van der Waals surface area contributed by atoms with Gasteiger partial charge in [0.15, 0.2) is 0 Å². The van der Waals surface area contributed by atoms with Gasteiger partial charge in [0, 0.05) is 12.2 Å². The van der Waals surface area contributed by atoms with Gasteiger partial charge in [0.2, 0.25) is 0 Å². The Labute approximate surface area is 158 Å². The van der Waals surface area contributed by atoms with Gasteiger partial charge in [0.05, 0.1) is 16.0 Å². The maximum absolute atomic E-state index is 12.3. The highest BCUT2D eigenvalue weighted by Crippen LogP contribution is 2.20. The fourth-order valence-electron chi connectivity index (χ4n) is 2.34. The Morgan fingerprint density at radius 3 is 2.54 bits per heavy atom. The van der Waals surface area contributed by atoms with Crippen molar-refractivity contribution in [2.24, 2.45) is 5.41 Å². The molecule has 2 aromatic rings. The number of aliphatic carboxylic acids is 1. The molecule has 2 rings (SSSR count). The summed E-state index contributed by atoms with van der Waals surface area (Å²) in [5, 5.41) is 15.6. The molecule has 0 aliphatic heterocycles. The van der Waals surface area contributed by atoms with Crippen molar-refractivity contribution < 1.29 is 14.7 Å². The standard InChI is InChI=1S/C20H23ClN2O3/c1-20(2,19(25)26)10-11-22-13-14-6-5-7-15(12-14)23-18(24)16-8-3-4-9-17(16)21/h3-9,12,22H,10-11,13H2,1-2H3,(H,23,24)(H,25,26). The zero-order valence-electron chi connectivity index (χ0n) is 14.9. The van der Waals surface area contributed by atoms with Crippen molar-refractivity contribution in [3.8, 4) is 0 Å². The maximum Gasteiger partial charge on any atom is 0.309 e. The third-order valence-corrected chi connectivity index (χ3v) is 4.47. The summed E-state index contributed by atoms with van der Waals surface area (Å²) >= 11 is 6.05. The lowest BCUT2D eigenvalue weighted by Gasteiger charge is -2.19. The van der Waals surface area contributed by atoms with Crippen LogP contribution in [0.2, 0.25) is 5.02 Å². The van der Waals surface area contributed by atoms with Crippen molar-refractivity contribution in [3.63, 3.8) is 0 Å². The molecule has 3 N–H and O–H groups in total. The lowest BCUT2D eigenvalue weighted by atomic mass is 9.90. The first-order valence-electron chi connectivity index (χ1n) is 8.38. The molecule has 0 aliphatic carbocycles. The fraction of sp³-hybridized carbons (Fsp3) is 0.300. The van der Waals surface area contributed by atoms with E-state index >= 15 is 0 Å². The first kappa shape index (κ1) is 19.9. The number of benzene rings is 2. The van der Waals surface area contributed by atoms with Crippen LogP contribution in [-0.2, 0) is 11.3 Å². The Balaban J connectivity index is 1.91. The first-order chi connectivity index (χ1) is 12.3. The van der Waals surface area contributed by atoms with E-state index in [1.54, 1.807) is 38.1 Å². The predicted octanol–water partition coefficient (Wildman–Crippen LogP) is 4.18. The van der Waals surface area contributed by atoms with Gasteiger partial charge in [-0.15, -0.1) is 0 Å². The van der Waals surface area contributed by atoms with Gasteiger partial charge in [-0.1, -0.05) is 35.9 Å². The molecule has 5 nitrogen and oxygen atoms in total. The highest BCUT2D eigenvalue weighted by molar-refractivity contribution is 6.34. The molecule has 0 unspecified atom stereocenters. The molecule has 0 heterocycles. The van der Waals surface area contributed by atoms with Crippen molar-refractivity contribution in [1.29, 1.82) is 0 Å². The Morgan fingerprint density at radius 1 is 1.12 bits per heavy atom. The van der Waals surface area contributed by atoms with E-state index in [2.05, 4.69) is 10.6 Å². The average Bonchev–Trinajstić information content (AvgIpc) is 2.59. The minimum absolute atomic E-state index is 0.260. The van der Waals surface area contributed by atoms with E-state index in [0.29, 0.717) is 35.8 Å². The normalized spacial score (nSPS) is 11.2. The third kappa shape index (κ3) is 5.58. The highest BCUT2D eigenvalue weighted by atomic mass is 35.5. The summed E-state index contributed by atoms with van der Waals surface area (Å²) < 4.78 is 0. The molecular weight excluding hydrogens is 352 g/mol. The minimum Gasteiger partial charge on any atom is -0.481 e. The summed E-state index contributed by atoms with van der Waals surface area (Å²) in [6.07, 6.45) is 0.533. The summed E-state index contributed by atoms with van der Waals surface area (Å²) in [5.41, 5.74) is 1.35. The quantitative estimate of drug-likeness (QED) is 0.605. The minimum atomic E-state index is -0.802. The monoisotopic (exact) mass is 374 g/mol. The second kappa shape index (κ2) is 8.83. The number of amides is 1. The van der Waals surface area contributed by atoms with Crippen LogP contribution in [0.4, 0.5) is 5.69 Å². The molecule has 1 amide bonds. The van der Waals surface area contributed by atoms with Crippen molar-refractivity contribution in [1.82, 2.24) is 5.32 Å². The van der Waals surface area contributed by atoms with Crippen LogP contribution in [0.1, 0.15) is 36.2 Å². The van der Waals surface area contributed by atoms with Gasteiger partial charge in [-0.2, -0.15) is 0 Å². The predicted molar refractivity (Wildman–Crippen MR) is 104 cm³/mol. The Bertz CT molecular complexity index is 790. The molecule has 26 heavy (non-hydrogen) atoms. The number of carboxylic acid groups (broad SMARTS) is 1. The van der Waals surface area contributed by atoms with E-state index in [1.165, 1.54) is 0 Å². The smallest absolute Gasteiger partial charge is 0.309 e. The molecule has 0 aromatic heterocycles. The highest BCUT2D eigenvalue weighted by Gasteiger charge is 2.26. The molecule has 6 heteroatoms. The number of hydrogen-bond donors (Lipinski definition) is 3. The van der Waals surface area contributed by atoms with Crippen LogP contribution in [-0.4, -0.2) is 23.5 Å². The van der Waals surface area contributed by atoms with Crippen molar-refractivity contribution >= 4 is 29.2 Å². The fourth-order valence-corrected chi connectivity index (χ4v) is 2.56. The van der Waals surface area contributed by atoms with Gasteiger partial charge in [0.1, 0.15) is 0 Å². The molecule has 0 atom stereocenters. The molecule has 0 spiro atoms. The number of anilines is 1. The Hall–Kier alpha value is -2.37. The lowest BCUT2D eigenvalue weighted by Crippen LogP contribution is -2.28. The topological polar surface area (TPSA) is 78.4 Å². The zero-order chi connectivity index (χ0) is 19.2. The SMILES string of the molecule is CC(C)(CCNCc1cccc(NC(=O)c2ccccc2Cl)c1)C(=O)O. The number of carbonyl (C=O) groups is 2. The maximum atomic E-state index is 12.3. The van der Waals surface area contributed by atoms with Gasteiger partial charge in [-0.05, 0) is 56.6 Å². The summed E-state index contributed by atoms with van der Waals surface area (Å²) in [7, 11) is 0. The second-order valence-corrected chi connectivity index (χ2v) is 7.16. The molecule has 0 radical (unpaired) electrons. The lowest BCUT2D eigenvalue weighted by molar-refractivity contribution is -0.147. The van der Waals surface area contributed by atoms with Gasteiger partial charge in [-0.25, -0.2) is 0 Å². The molecule has 0 saturated heterocycles. The van der Waals surface area contributed by atoms with Crippen molar-refractivity contribution in [2.75, 3.05) is 11.9 Å². The molecule has 2 aromatic carbocycles. The van der Waals surface area contributed by atoms with Gasteiger partial charge in [-0.3, -0.25) is 9.59 Å². The number of carbonyl (C=O) groups excluding carboxylic acids is 1. The van der Waals surface area contributed by atoms with Crippen LogP contribution in [0.15, 0.2) is 48.5 Å². The van der Waals surface area contributed by atoms with Crippen molar-refractivity contribution in [2.45, 2.75) is 26.8 Å². The number of hydrogen-bond acceptors (Lipinski definition) is 3. The van der Waals surface area contributed by atoms with E-state index in [0.717, 1.165) is 5.56 Å². The van der Waals surface area contributed by atoms with E-state index in [9.17, 15) is 9.59 Å². The second-order valence-electron chi connectivity index (χ2n) is 6.75. The molecule has 0 fully saturated rings.